The van der Waals surface area contributed by atoms with Crippen LogP contribution in [0.3, 0.4) is 0 Å². The zero-order chi connectivity index (χ0) is 21.6. The van der Waals surface area contributed by atoms with Crippen LogP contribution in [0.1, 0.15) is 15.9 Å². The number of ether oxygens (including phenoxy) is 4. The minimum atomic E-state index is -3.19. The van der Waals surface area contributed by atoms with Crippen LogP contribution < -0.4 is 18.9 Å². The molecule has 154 valence electrons. The number of carbonyl (C=O) groups excluding carboxylic acids is 1. The van der Waals surface area contributed by atoms with Crippen LogP contribution in [0.25, 0.3) is 6.08 Å². The molecule has 29 heavy (non-hydrogen) atoms. The Bertz CT molecular complexity index is 944. The number of nitro groups is 1. The van der Waals surface area contributed by atoms with E-state index >= 15 is 0 Å². The first kappa shape index (κ1) is 21.6. The van der Waals surface area contributed by atoms with Crippen LogP contribution in [0.4, 0.5) is 14.5 Å². The van der Waals surface area contributed by atoms with Gasteiger partial charge in [0.2, 0.25) is 0 Å². The summed E-state index contributed by atoms with van der Waals surface area (Å²) in [7, 11) is 4.04. The number of methoxy groups -OCH3 is 3. The molecular formula is C19H17F2NO7. The normalized spacial score (nSPS) is 10.8. The number of hydrogen-bond acceptors (Lipinski definition) is 7. The van der Waals surface area contributed by atoms with Gasteiger partial charge in [-0.1, -0.05) is 0 Å². The number of allylic oxidation sites excluding steroid dienone is 1. The standard InChI is InChI=1S/C19H17F2NO7/c1-26-12-5-6-13(16(9-12)27-2)15(23)7-4-11-8-17(28-3)18(29-19(20)21)10-14(11)22(24)25/h4-10,19H,1-3H3/b7-4+. The number of rotatable bonds is 9. The maximum Gasteiger partial charge on any atom is 0.387 e. The number of hydrogen-bond donors (Lipinski definition) is 0. The molecule has 0 radical (unpaired) electrons. The van der Waals surface area contributed by atoms with Gasteiger partial charge in [-0.3, -0.25) is 14.9 Å². The summed E-state index contributed by atoms with van der Waals surface area (Å²) in [5, 5.41) is 11.3. The smallest absolute Gasteiger partial charge is 0.387 e. The number of nitrogens with zero attached hydrogens (tertiary/aromatic N) is 1. The van der Waals surface area contributed by atoms with Gasteiger partial charge in [0.1, 0.15) is 11.5 Å². The van der Waals surface area contributed by atoms with E-state index in [2.05, 4.69) is 4.74 Å². The molecule has 0 fully saturated rings. The fourth-order valence-corrected chi connectivity index (χ4v) is 2.46. The molecule has 0 saturated heterocycles. The van der Waals surface area contributed by atoms with Crippen LogP contribution in [0, 0.1) is 10.1 Å². The van der Waals surface area contributed by atoms with Crippen LogP contribution in [-0.4, -0.2) is 38.6 Å². The van der Waals surface area contributed by atoms with Gasteiger partial charge >= 0.3 is 6.61 Å². The number of benzene rings is 2. The van der Waals surface area contributed by atoms with Crippen molar-refractivity contribution in [1.82, 2.24) is 0 Å². The Balaban J connectivity index is 2.43. The van der Waals surface area contributed by atoms with Crippen molar-refractivity contribution in [2.45, 2.75) is 6.61 Å². The first-order valence-electron chi connectivity index (χ1n) is 8.06. The highest BCUT2D eigenvalue weighted by Crippen LogP contribution is 2.36. The van der Waals surface area contributed by atoms with Gasteiger partial charge in [-0.2, -0.15) is 8.78 Å². The molecule has 2 aromatic carbocycles. The summed E-state index contributed by atoms with van der Waals surface area (Å²) in [6.07, 6.45) is 2.28. The van der Waals surface area contributed by atoms with E-state index in [0.717, 1.165) is 18.2 Å². The molecule has 0 amide bonds. The predicted octanol–water partition coefficient (Wildman–Crippen LogP) is 4.12. The monoisotopic (exact) mass is 409 g/mol. The summed E-state index contributed by atoms with van der Waals surface area (Å²) in [6, 6.07) is 6.50. The quantitative estimate of drug-likeness (QED) is 0.266. The van der Waals surface area contributed by atoms with E-state index in [0.29, 0.717) is 5.75 Å². The van der Waals surface area contributed by atoms with Crippen LogP contribution in [0.15, 0.2) is 36.4 Å². The van der Waals surface area contributed by atoms with Crippen LogP contribution in [0.2, 0.25) is 0 Å². The lowest BCUT2D eigenvalue weighted by molar-refractivity contribution is -0.385. The van der Waals surface area contributed by atoms with E-state index in [1.54, 1.807) is 6.07 Å². The molecular weight excluding hydrogens is 392 g/mol. The molecule has 0 aliphatic heterocycles. The topological polar surface area (TPSA) is 97.1 Å². The SMILES string of the molecule is COc1ccc(C(=O)/C=C/c2cc(OC)c(OC(F)F)cc2[N+](=O)[O-])c(OC)c1. The fraction of sp³-hybridized carbons (Fsp3) is 0.211. The Labute approximate surface area is 164 Å². The zero-order valence-electron chi connectivity index (χ0n) is 15.7. The zero-order valence-corrected chi connectivity index (χ0v) is 15.7. The van der Waals surface area contributed by atoms with E-state index in [-0.39, 0.29) is 22.6 Å². The third kappa shape index (κ3) is 5.18. The van der Waals surface area contributed by atoms with Gasteiger partial charge in [0.05, 0.1) is 43.4 Å². The van der Waals surface area contributed by atoms with E-state index < -0.39 is 28.8 Å². The molecule has 0 aromatic heterocycles. The number of ketones is 1. The Morgan fingerprint density at radius 1 is 1.03 bits per heavy atom. The van der Waals surface area contributed by atoms with Crippen molar-refractivity contribution in [1.29, 1.82) is 0 Å². The van der Waals surface area contributed by atoms with E-state index in [1.807, 2.05) is 0 Å². The largest absolute Gasteiger partial charge is 0.497 e. The molecule has 0 unspecified atom stereocenters. The first-order chi connectivity index (χ1) is 13.8. The third-order valence-corrected chi connectivity index (χ3v) is 3.81. The van der Waals surface area contributed by atoms with Crippen molar-refractivity contribution >= 4 is 17.5 Å². The lowest BCUT2D eigenvalue weighted by Gasteiger charge is -2.11. The Hall–Kier alpha value is -3.69. The second-order valence-corrected chi connectivity index (χ2v) is 5.46. The maximum absolute atomic E-state index is 12.5. The molecule has 0 spiro atoms. The van der Waals surface area contributed by atoms with Crippen molar-refractivity contribution < 1.29 is 37.4 Å². The minimum Gasteiger partial charge on any atom is -0.497 e. The van der Waals surface area contributed by atoms with Gasteiger partial charge in [-0.25, -0.2) is 0 Å². The number of alkyl halides is 2. The van der Waals surface area contributed by atoms with Gasteiger partial charge in [0.15, 0.2) is 17.3 Å². The van der Waals surface area contributed by atoms with Gasteiger partial charge in [-0.15, -0.1) is 0 Å². The summed E-state index contributed by atoms with van der Waals surface area (Å²) in [6.45, 7) is -3.19. The molecule has 0 atom stereocenters. The van der Waals surface area contributed by atoms with Crippen molar-refractivity contribution in [3.63, 3.8) is 0 Å². The van der Waals surface area contributed by atoms with Gasteiger partial charge in [0.25, 0.3) is 5.69 Å². The van der Waals surface area contributed by atoms with Crippen molar-refractivity contribution in [3.05, 3.63) is 57.6 Å². The van der Waals surface area contributed by atoms with Crippen LogP contribution >= 0.6 is 0 Å². The molecule has 0 bridgehead atoms. The first-order valence-corrected chi connectivity index (χ1v) is 8.06. The van der Waals surface area contributed by atoms with Crippen molar-refractivity contribution in [2.24, 2.45) is 0 Å². The molecule has 8 nitrogen and oxygen atoms in total. The lowest BCUT2D eigenvalue weighted by atomic mass is 10.1. The van der Waals surface area contributed by atoms with E-state index in [4.69, 9.17) is 14.2 Å². The Morgan fingerprint density at radius 3 is 2.28 bits per heavy atom. The predicted molar refractivity (Wildman–Crippen MR) is 99.2 cm³/mol. The highest BCUT2D eigenvalue weighted by molar-refractivity contribution is 6.09. The van der Waals surface area contributed by atoms with Crippen molar-refractivity contribution in [2.75, 3.05) is 21.3 Å². The summed E-state index contributed by atoms with van der Waals surface area (Å²) >= 11 is 0. The summed E-state index contributed by atoms with van der Waals surface area (Å²) in [4.78, 5) is 23.0. The fourth-order valence-electron chi connectivity index (χ4n) is 2.46. The van der Waals surface area contributed by atoms with Crippen LogP contribution in [-0.2, 0) is 0 Å². The third-order valence-electron chi connectivity index (χ3n) is 3.81. The second-order valence-electron chi connectivity index (χ2n) is 5.46. The molecule has 2 aromatic rings. The second kappa shape index (κ2) is 9.49. The summed E-state index contributed by atoms with van der Waals surface area (Å²) in [5.74, 6) is -0.394. The number of nitro benzene ring substituents is 1. The van der Waals surface area contributed by atoms with Gasteiger partial charge in [0, 0.05) is 6.07 Å². The van der Waals surface area contributed by atoms with E-state index in [1.165, 1.54) is 39.5 Å². The number of halogens is 2. The summed E-state index contributed by atoms with van der Waals surface area (Å²) in [5.41, 5.74) is -0.363. The Morgan fingerprint density at radius 2 is 1.72 bits per heavy atom. The molecule has 0 aliphatic carbocycles. The van der Waals surface area contributed by atoms with Gasteiger partial charge < -0.3 is 18.9 Å². The molecule has 0 N–H and O–H groups in total. The summed E-state index contributed by atoms with van der Waals surface area (Å²) < 4.78 is 44.4. The molecule has 0 heterocycles. The highest BCUT2D eigenvalue weighted by atomic mass is 19.3. The number of carbonyl (C=O) groups is 1. The van der Waals surface area contributed by atoms with Gasteiger partial charge in [-0.05, 0) is 30.4 Å². The molecule has 2 rings (SSSR count). The maximum atomic E-state index is 12.5. The highest BCUT2D eigenvalue weighted by Gasteiger charge is 2.21. The Kier molecular flexibility index (Phi) is 7.07. The van der Waals surface area contributed by atoms with E-state index in [9.17, 15) is 23.7 Å². The average molecular weight is 409 g/mol. The molecule has 10 heteroatoms. The molecule has 0 aliphatic rings. The van der Waals surface area contributed by atoms with Crippen molar-refractivity contribution in [3.8, 4) is 23.0 Å². The lowest BCUT2D eigenvalue weighted by Crippen LogP contribution is -2.05. The molecule has 0 saturated carbocycles. The van der Waals surface area contributed by atoms with Crippen LogP contribution in [0.5, 0.6) is 23.0 Å². The average Bonchev–Trinajstić information content (AvgIpc) is 2.70. The minimum absolute atomic E-state index is 0.0331.